The molecule has 1 aliphatic heterocycles. The van der Waals surface area contributed by atoms with E-state index in [1.165, 1.54) is 55.2 Å². The lowest BCUT2D eigenvalue weighted by atomic mass is 9.82. The van der Waals surface area contributed by atoms with Crippen LogP contribution in [0.5, 0.6) is 0 Å². The number of hydrogen-bond acceptors (Lipinski definition) is 1. The maximum absolute atomic E-state index is 5.15. The van der Waals surface area contributed by atoms with Gasteiger partial charge in [0.25, 0.3) is 11.7 Å². The van der Waals surface area contributed by atoms with Crippen molar-refractivity contribution in [2.24, 2.45) is 4.99 Å². The highest BCUT2D eigenvalue weighted by molar-refractivity contribution is 6.19. The Labute approximate surface area is 291 Å². The number of amidine groups is 2. The van der Waals surface area contributed by atoms with Crippen LogP contribution in [0.1, 0.15) is 36.1 Å². The Balaban J connectivity index is 1.22. The second kappa shape index (κ2) is 10.8. The van der Waals surface area contributed by atoms with Gasteiger partial charge in [-0.2, -0.15) is 4.58 Å². The number of para-hydroxylation sites is 1. The molecule has 0 bridgehead atoms. The lowest BCUT2D eigenvalue weighted by Gasteiger charge is -2.21. The zero-order valence-electron chi connectivity index (χ0n) is 28.0. The summed E-state index contributed by atoms with van der Waals surface area (Å²) in [5, 5.41) is 2.58. The molecule has 1 aliphatic carbocycles. The third-order valence-electron chi connectivity index (χ3n) is 10.6. The van der Waals surface area contributed by atoms with E-state index in [9.17, 15) is 0 Å². The van der Waals surface area contributed by atoms with Gasteiger partial charge in [-0.1, -0.05) is 128 Å². The van der Waals surface area contributed by atoms with Crippen molar-refractivity contribution in [3.63, 3.8) is 0 Å². The summed E-state index contributed by atoms with van der Waals surface area (Å²) in [7, 11) is 0. The van der Waals surface area contributed by atoms with E-state index in [1.54, 1.807) is 0 Å². The number of benzene rings is 7. The van der Waals surface area contributed by atoms with Crippen molar-refractivity contribution in [3.05, 3.63) is 192 Å². The molecule has 7 aromatic carbocycles. The molecule has 0 saturated heterocycles. The van der Waals surface area contributed by atoms with Gasteiger partial charge in [-0.15, -0.1) is 0 Å². The van der Waals surface area contributed by atoms with Gasteiger partial charge in [0.15, 0.2) is 0 Å². The third kappa shape index (κ3) is 4.17. The fraction of sp³-hybridized carbons (Fsp3) is 0.0638. The second-order valence-corrected chi connectivity index (χ2v) is 13.8. The van der Waals surface area contributed by atoms with Crippen molar-refractivity contribution in [3.8, 4) is 27.9 Å². The molecule has 3 nitrogen and oxygen atoms in total. The Bertz CT molecular complexity index is 2700. The molecule has 0 spiro atoms. The van der Waals surface area contributed by atoms with Crippen molar-refractivity contribution in [2.45, 2.75) is 19.3 Å². The minimum absolute atomic E-state index is 0.0816. The molecule has 8 aromatic rings. The van der Waals surface area contributed by atoms with Crippen LogP contribution in [0.2, 0.25) is 0 Å². The summed E-state index contributed by atoms with van der Waals surface area (Å²) in [5.41, 5.74) is 14.6. The van der Waals surface area contributed by atoms with Crippen molar-refractivity contribution in [1.29, 1.82) is 0 Å². The van der Waals surface area contributed by atoms with Crippen LogP contribution in [-0.4, -0.2) is 20.8 Å². The molecule has 0 saturated carbocycles. The van der Waals surface area contributed by atoms with E-state index in [4.69, 9.17) is 4.99 Å². The van der Waals surface area contributed by atoms with Crippen LogP contribution in [0.15, 0.2) is 175 Å². The maximum Gasteiger partial charge on any atom is 0.279 e. The van der Waals surface area contributed by atoms with Crippen LogP contribution >= 0.6 is 0 Å². The fourth-order valence-electron chi connectivity index (χ4n) is 8.23. The number of fused-ring (bicyclic) bond motifs is 7. The minimum atomic E-state index is -0.0816. The molecular weight excluding hydrogens is 607 g/mol. The molecule has 10 rings (SSSR count). The van der Waals surface area contributed by atoms with Gasteiger partial charge >= 0.3 is 0 Å². The van der Waals surface area contributed by atoms with Crippen molar-refractivity contribution >= 4 is 39.2 Å². The number of hydrogen-bond donors (Lipinski definition) is 0. The van der Waals surface area contributed by atoms with Gasteiger partial charge in [0.1, 0.15) is 5.69 Å². The lowest BCUT2D eigenvalue weighted by molar-refractivity contribution is -0.319. The average Bonchev–Trinajstić information content (AvgIpc) is 3.61. The molecule has 0 atom stereocenters. The monoisotopic (exact) mass is 640 g/mol. The summed E-state index contributed by atoms with van der Waals surface area (Å²) in [6.07, 6.45) is 0. The highest BCUT2D eigenvalue weighted by atomic mass is 15.2. The quantitative estimate of drug-likeness (QED) is 0.167. The third-order valence-corrected chi connectivity index (χ3v) is 10.6. The molecule has 0 radical (unpaired) electrons. The minimum Gasteiger partial charge on any atom is -0.309 e. The summed E-state index contributed by atoms with van der Waals surface area (Å²) in [4.78, 5) is 5.15. The zero-order valence-corrected chi connectivity index (χ0v) is 28.0. The van der Waals surface area contributed by atoms with E-state index in [0.717, 1.165) is 34.2 Å². The molecule has 236 valence electrons. The van der Waals surface area contributed by atoms with E-state index in [0.29, 0.717) is 0 Å². The van der Waals surface area contributed by atoms with Gasteiger partial charge in [-0.05, 0) is 94.0 Å². The first kappa shape index (κ1) is 28.7. The second-order valence-electron chi connectivity index (χ2n) is 13.8. The molecule has 50 heavy (non-hydrogen) atoms. The highest BCUT2D eigenvalue weighted by Gasteiger charge is 2.38. The number of nitrogens with zero attached hydrogens (tertiary/aromatic N) is 3. The van der Waals surface area contributed by atoms with E-state index >= 15 is 0 Å². The van der Waals surface area contributed by atoms with Crippen LogP contribution < -0.4 is 0 Å². The maximum atomic E-state index is 5.15. The molecule has 0 N–H and O–H groups in total. The Kier molecular flexibility index (Phi) is 6.22. The summed E-state index contributed by atoms with van der Waals surface area (Å²) in [5.74, 6) is 1.90. The highest BCUT2D eigenvalue weighted by Crippen LogP contribution is 2.53. The molecular formula is C47H34N3+. The Morgan fingerprint density at radius 3 is 1.96 bits per heavy atom. The predicted octanol–water partition coefficient (Wildman–Crippen LogP) is 11.3. The van der Waals surface area contributed by atoms with E-state index < -0.39 is 0 Å². The molecule has 0 unspecified atom stereocenters. The lowest BCUT2D eigenvalue weighted by Crippen LogP contribution is -2.34. The van der Waals surface area contributed by atoms with Crippen LogP contribution in [0.3, 0.4) is 0 Å². The van der Waals surface area contributed by atoms with Gasteiger partial charge in [-0.3, -0.25) is 0 Å². The Hall–Kier alpha value is -6.32. The normalized spacial score (nSPS) is 14.4. The van der Waals surface area contributed by atoms with E-state index in [2.05, 4.69) is 187 Å². The van der Waals surface area contributed by atoms with Crippen LogP contribution in [0.4, 0.5) is 5.69 Å². The Morgan fingerprint density at radius 2 is 1.18 bits per heavy atom. The number of rotatable bonds is 5. The topological polar surface area (TPSA) is 20.3 Å². The predicted molar refractivity (Wildman–Crippen MR) is 207 cm³/mol. The van der Waals surface area contributed by atoms with Crippen LogP contribution in [0.25, 0.3) is 49.7 Å². The first-order valence-electron chi connectivity index (χ1n) is 17.3. The summed E-state index contributed by atoms with van der Waals surface area (Å²) in [6, 6.07) is 61.2. The zero-order chi connectivity index (χ0) is 33.4. The Morgan fingerprint density at radius 1 is 0.520 bits per heavy atom. The molecule has 0 fully saturated rings. The molecule has 3 heteroatoms. The van der Waals surface area contributed by atoms with Gasteiger partial charge in [-0.25, -0.2) is 0 Å². The first-order valence-corrected chi connectivity index (χ1v) is 17.3. The van der Waals surface area contributed by atoms with Gasteiger partial charge in [0, 0.05) is 21.9 Å². The van der Waals surface area contributed by atoms with Gasteiger partial charge in [0.05, 0.1) is 22.2 Å². The average molecular weight is 641 g/mol. The van der Waals surface area contributed by atoms with Crippen molar-refractivity contribution in [2.75, 3.05) is 0 Å². The standard InChI is InChI=1S/C47H34N3/c1-47(2)39-24-13-12-23-37(39)43-40(47)26-28-42-44(43)38-30-33(31-15-6-3-7-16-31)25-27-41(38)49(42)36-22-14-19-34(29-36)46-48-45(32-17-8-4-9-18-32)50(46)35-20-10-5-11-21-35/h3-30H,1-2H3/q+1. The fourth-order valence-corrected chi connectivity index (χ4v) is 8.23. The van der Waals surface area contributed by atoms with Crippen LogP contribution in [-0.2, 0) is 5.41 Å². The molecule has 2 aliphatic rings. The SMILES string of the molecule is CC1(C)c2ccccc2-c2c1ccc1c2c2cc(-c3ccccc3)ccc2n1-c1cccc(C2=[N+](c3ccccc3)C(c3ccccc3)=N2)c1. The van der Waals surface area contributed by atoms with Gasteiger partial charge in [0.2, 0.25) is 0 Å². The summed E-state index contributed by atoms with van der Waals surface area (Å²) < 4.78 is 4.73. The first-order chi connectivity index (χ1) is 24.6. The van der Waals surface area contributed by atoms with Crippen molar-refractivity contribution in [1.82, 2.24) is 4.57 Å². The number of aromatic nitrogens is 1. The molecule has 2 heterocycles. The molecule has 1 aromatic heterocycles. The van der Waals surface area contributed by atoms with E-state index in [1.807, 2.05) is 6.07 Å². The molecule has 0 amide bonds. The largest absolute Gasteiger partial charge is 0.309 e. The smallest absolute Gasteiger partial charge is 0.279 e. The number of aliphatic imine (C=N–C) groups is 1. The summed E-state index contributed by atoms with van der Waals surface area (Å²) in [6.45, 7) is 4.72. The van der Waals surface area contributed by atoms with Crippen molar-refractivity contribution < 1.29 is 4.58 Å². The van der Waals surface area contributed by atoms with Gasteiger partial charge < -0.3 is 4.57 Å². The van der Waals surface area contributed by atoms with Crippen LogP contribution in [0, 0.1) is 0 Å². The van der Waals surface area contributed by atoms with E-state index in [-0.39, 0.29) is 5.41 Å². The summed E-state index contributed by atoms with van der Waals surface area (Å²) >= 11 is 0.